The third kappa shape index (κ3) is 9.28. The summed E-state index contributed by atoms with van der Waals surface area (Å²) in [5.74, 6) is 0. The summed E-state index contributed by atoms with van der Waals surface area (Å²) in [5, 5.41) is 11.3. The van der Waals surface area contributed by atoms with Crippen LogP contribution in [0.25, 0.3) is 0 Å². The molecule has 0 aliphatic carbocycles. The van der Waals surface area contributed by atoms with Crippen molar-refractivity contribution >= 4 is 62.3 Å². The van der Waals surface area contributed by atoms with Crippen molar-refractivity contribution in [2.24, 2.45) is 0 Å². The van der Waals surface area contributed by atoms with E-state index in [4.69, 9.17) is 44.8 Å². The quantitative estimate of drug-likeness (QED) is 0.517. The number of alkyl halides is 3. The van der Waals surface area contributed by atoms with Crippen LogP contribution in [0.2, 0.25) is 0 Å². The van der Waals surface area contributed by atoms with Crippen molar-refractivity contribution in [3.05, 3.63) is 23.8 Å². The number of carbonyl (C=O) groups is 1. The van der Waals surface area contributed by atoms with Gasteiger partial charge in [0.15, 0.2) is 6.10 Å². The number of likely N-dealkylation sites (N-methyl/N-ethyl adjacent to an activating group) is 1. The second kappa shape index (κ2) is 11.1. The van der Waals surface area contributed by atoms with Crippen molar-refractivity contribution < 1.29 is 17.9 Å². The molecule has 8 nitrogen and oxygen atoms in total. The Hall–Kier alpha value is -1.44. The number of nitrogens with one attached hydrogen (secondary N) is 2. The van der Waals surface area contributed by atoms with Crippen molar-refractivity contribution in [2.75, 3.05) is 36.1 Å². The zero-order valence-electron chi connectivity index (χ0n) is 16.2. The van der Waals surface area contributed by atoms with Crippen molar-refractivity contribution in [2.45, 2.75) is 30.2 Å². The van der Waals surface area contributed by atoms with E-state index in [-0.39, 0.29) is 13.0 Å². The van der Waals surface area contributed by atoms with E-state index in [9.17, 15) is 13.2 Å². The molecule has 29 heavy (non-hydrogen) atoms. The summed E-state index contributed by atoms with van der Waals surface area (Å²) < 4.78 is 28.0. The first-order valence-corrected chi connectivity index (χ1v) is 11.6. The summed E-state index contributed by atoms with van der Waals surface area (Å²) in [6, 6.07) is 7.12. The molecule has 0 spiro atoms. The fourth-order valence-corrected chi connectivity index (χ4v) is 3.22. The number of hydrogen-bond acceptors (Lipinski definition) is 6. The van der Waals surface area contributed by atoms with E-state index in [1.807, 2.05) is 17.9 Å². The van der Waals surface area contributed by atoms with E-state index < -0.39 is 26.0 Å². The number of amides is 1. The number of ether oxygens (including phenoxy) is 1. The highest BCUT2D eigenvalue weighted by molar-refractivity contribution is 7.88. The second-order valence-corrected chi connectivity index (χ2v) is 10.4. The molecule has 162 valence electrons. The van der Waals surface area contributed by atoms with Crippen molar-refractivity contribution in [1.82, 2.24) is 4.72 Å². The minimum atomic E-state index is -3.25. The highest BCUT2D eigenvalue weighted by Crippen LogP contribution is 2.34. The Balaban J connectivity index is 2.81. The lowest BCUT2D eigenvalue weighted by Gasteiger charge is -2.25. The van der Waals surface area contributed by atoms with Gasteiger partial charge in [0.2, 0.25) is 13.8 Å². The molecule has 1 aromatic carbocycles. The normalized spacial score (nSPS) is 12.7. The first-order chi connectivity index (χ1) is 13.4. The van der Waals surface area contributed by atoms with Gasteiger partial charge in [0.1, 0.15) is 0 Å². The van der Waals surface area contributed by atoms with Crippen LogP contribution in [0.4, 0.5) is 16.2 Å². The molecule has 1 unspecified atom stereocenters. The Bertz CT molecular complexity index is 853. The van der Waals surface area contributed by atoms with Gasteiger partial charge in [0.05, 0.1) is 18.7 Å². The number of anilines is 2. The van der Waals surface area contributed by atoms with Gasteiger partial charge in [-0.15, -0.1) is 0 Å². The largest absolute Gasteiger partial charge is 0.440 e. The van der Waals surface area contributed by atoms with Gasteiger partial charge in [-0.25, -0.2) is 17.9 Å². The van der Waals surface area contributed by atoms with Gasteiger partial charge in [-0.3, -0.25) is 5.32 Å². The molecule has 1 aromatic rings. The number of halogens is 3. The Labute approximate surface area is 186 Å². The minimum Gasteiger partial charge on any atom is -0.440 e. The summed E-state index contributed by atoms with van der Waals surface area (Å²) >= 11 is 17.2. The van der Waals surface area contributed by atoms with Crippen molar-refractivity contribution in [1.29, 1.82) is 5.26 Å². The average Bonchev–Trinajstić information content (AvgIpc) is 2.58. The third-order valence-corrected chi connectivity index (χ3v) is 5.29. The zero-order chi connectivity index (χ0) is 22.2. The number of aryl methyl sites for hydroxylation is 1. The van der Waals surface area contributed by atoms with Crippen LogP contribution in [0.15, 0.2) is 18.2 Å². The molecule has 2 N–H and O–H groups in total. The first-order valence-electron chi connectivity index (χ1n) is 8.59. The lowest BCUT2D eigenvalue weighted by Crippen LogP contribution is -2.34. The summed E-state index contributed by atoms with van der Waals surface area (Å²) in [7, 11) is -3.25. The summed E-state index contributed by atoms with van der Waals surface area (Å²) in [4.78, 5) is 14.1. The summed E-state index contributed by atoms with van der Waals surface area (Å²) in [5.41, 5.74) is 2.10. The van der Waals surface area contributed by atoms with E-state index in [1.54, 1.807) is 25.1 Å². The molecule has 0 aliphatic heterocycles. The molecule has 1 atom stereocenters. The van der Waals surface area contributed by atoms with Crippen LogP contribution in [0, 0.1) is 18.3 Å². The van der Waals surface area contributed by atoms with Gasteiger partial charge in [-0.05, 0) is 37.6 Å². The Morgan fingerprint density at radius 3 is 2.52 bits per heavy atom. The van der Waals surface area contributed by atoms with Crippen LogP contribution in [0.3, 0.4) is 0 Å². The number of nitrogens with zero attached hydrogens (tertiary/aromatic N) is 2. The zero-order valence-corrected chi connectivity index (χ0v) is 19.3. The first kappa shape index (κ1) is 25.6. The van der Waals surface area contributed by atoms with E-state index in [1.165, 1.54) is 0 Å². The highest BCUT2D eigenvalue weighted by Gasteiger charge is 2.36. The third-order valence-electron chi connectivity index (χ3n) is 3.83. The Morgan fingerprint density at radius 2 is 2.03 bits per heavy atom. The van der Waals surface area contributed by atoms with E-state index in [2.05, 4.69) is 10.0 Å². The maximum atomic E-state index is 12.1. The SMILES string of the molecule is CCN(CCNS(C)(=O)=O)c1ccc(NC(=O)OC(CC#N)C(Cl)(Cl)Cl)c(C)c1. The summed E-state index contributed by atoms with van der Waals surface area (Å²) in [6.07, 6.45) is -1.22. The molecule has 12 heteroatoms. The highest BCUT2D eigenvalue weighted by atomic mass is 35.6. The number of hydrogen-bond donors (Lipinski definition) is 2. The van der Waals surface area contributed by atoms with E-state index in [0.29, 0.717) is 18.8 Å². The second-order valence-electron chi connectivity index (χ2n) is 6.17. The molecule has 0 bridgehead atoms. The monoisotopic (exact) mass is 484 g/mol. The smallest absolute Gasteiger partial charge is 0.412 e. The molecule has 0 saturated carbocycles. The molecular formula is C17H23Cl3N4O4S. The molecule has 0 aliphatic rings. The average molecular weight is 486 g/mol. The van der Waals surface area contributed by atoms with Crippen LogP contribution in [0.5, 0.6) is 0 Å². The summed E-state index contributed by atoms with van der Waals surface area (Å²) in [6.45, 7) is 5.17. The van der Waals surface area contributed by atoms with Crippen LogP contribution < -0.4 is 14.9 Å². The molecule has 1 rings (SSSR count). The molecule has 1 amide bonds. The minimum absolute atomic E-state index is 0.269. The maximum absolute atomic E-state index is 12.1. The predicted molar refractivity (Wildman–Crippen MR) is 116 cm³/mol. The fourth-order valence-electron chi connectivity index (χ4n) is 2.40. The number of rotatable bonds is 9. The van der Waals surface area contributed by atoms with Gasteiger partial charge >= 0.3 is 6.09 Å². The molecule has 0 saturated heterocycles. The maximum Gasteiger partial charge on any atom is 0.412 e. The molecule has 0 heterocycles. The standard InChI is InChI=1S/C17H23Cl3N4O4S/c1-4-24(10-9-22-29(3,26)27)13-5-6-14(12(2)11-13)23-16(25)28-15(7-8-21)17(18,19)20/h5-6,11,15,22H,4,7,9-10H2,1-3H3,(H,23,25). The van der Waals surface area contributed by atoms with Gasteiger partial charge in [-0.1, -0.05) is 34.8 Å². The molecule has 0 fully saturated rings. The molecule has 0 radical (unpaired) electrons. The number of sulfonamides is 1. The van der Waals surface area contributed by atoms with Crippen LogP contribution in [-0.4, -0.2) is 50.3 Å². The molecule has 0 aromatic heterocycles. The van der Waals surface area contributed by atoms with Gasteiger partial charge in [0, 0.05) is 31.0 Å². The lowest BCUT2D eigenvalue weighted by molar-refractivity contribution is 0.115. The van der Waals surface area contributed by atoms with Crippen molar-refractivity contribution in [3.8, 4) is 6.07 Å². The number of nitriles is 1. The van der Waals surface area contributed by atoms with Gasteiger partial charge in [0.25, 0.3) is 0 Å². The van der Waals surface area contributed by atoms with Crippen LogP contribution >= 0.6 is 34.8 Å². The van der Waals surface area contributed by atoms with Crippen LogP contribution in [0.1, 0.15) is 18.9 Å². The lowest BCUT2D eigenvalue weighted by atomic mass is 10.1. The van der Waals surface area contributed by atoms with Gasteiger partial charge in [-0.2, -0.15) is 5.26 Å². The van der Waals surface area contributed by atoms with Crippen molar-refractivity contribution in [3.63, 3.8) is 0 Å². The fraction of sp³-hybridized carbons (Fsp3) is 0.529. The number of carbonyl (C=O) groups excluding carboxylic acids is 1. The van der Waals surface area contributed by atoms with E-state index in [0.717, 1.165) is 17.5 Å². The van der Waals surface area contributed by atoms with Gasteiger partial charge < -0.3 is 9.64 Å². The predicted octanol–water partition coefficient (Wildman–Crippen LogP) is 3.57. The number of benzene rings is 1. The molecular weight excluding hydrogens is 463 g/mol. The van der Waals surface area contributed by atoms with E-state index >= 15 is 0 Å². The van der Waals surface area contributed by atoms with Crippen LogP contribution in [-0.2, 0) is 14.8 Å². The Morgan fingerprint density at radius 1 is 1.38 bits per heavy atom. The topological polar surface area (TPSA) is 112 Å². The Kier molecular flexibility index (Phi) is 9.79.